The SMILES string of the molecule is CN(C(=O)OC(C)(C)C)c1cc(F)cc2c1[nH]c1nc(Oc3cnc4c(c3)S(=O)C=C4)nc(N3CCC[C@@H](NC(=O)OC(C)(C)C)C3)c12. The van der Waals surface area contributed by atoms with Crippen LogP contribution in [0.4, 0.5) is 25.5 Å². The predicted molar refractivity (Wildman–Crippen MR) is 180 cm³/mol. The lowest BCUT2D eigenvalue weighted by Gasteiger charge is -2.34. The van der Waals surface area contributed by atoms with E-state index in [0.29, 0.717) is 57.9 Å². The minimum atomic E-state index is -1.34. The van der Waals surface area contributed by atoms with Crippen LogP contribution >= 0.6 is 0 Å². The molecule has 2 N–H and O–H groups in total. The first-order chi connectivity index (χ1) is 22.5. The highest BCUT2D eigenvalue weighted by Gasteiger charge is 2.30. The Bertz CT molecular complexity index is 1980. The number of pyridine rings is 1. The monoisotopic (exact) mass is 679 g/mol. The lowest BCUT2D eigenvalue weighted by molar-refractivity contribution is 0.0498. The van der Waals surface area contributed by atoms with Gasteiger partial charge in [0.1, 0.15) is 28.5 Å². The molecule has 2 atom stereocenters. The highest BCUT2D eigenvalue weighted by Crippen LogP contribution is 2.39. The average molecular weight is 680 g/mol. The van der Waals surface area contributed by atoms with Crippen LogP contribution in [0.2, 0.25) is 0 Å². The van der Waals surface area contributed by atoms with Crippen LogP contribution in [0.5, 0.6) is 11.8 Å². The van der Waals surface area contributed by atoms with Crippen LogP contribution in [0, 0.1) is 5.82 Å². The number of carbonyl (C=O) groups excluding carboxylic acids is 2. The van der Waals surface area contributed by atoms with Crippen molar-refractivity contribution in [2.24, 2.45) is 0 Å². The van der Waals surface area contributed by atoms with Crippen molar-refractivity contribution in [3.8, 4) is 11.8 Å². The molecule has 48 heavy (non-hydrogen) atoms. The fourth-order valence-corrected chi connectivity index (χ4v) is 6.58. The summed E-state index contributed by atoms with van der Waals surface area (Å²) in [6.07, 6.45) is 3.43. The molecule has 0 saturated carbocycles. The normalized spacial score (nSPS) is 17.8. The number of nitrogens with zero attached hydrogens (tertiary/aromatic N) is 5. The van der Waals surface area contributed by atoms with Crippen LogP contribution in [0.25, 0.3) is 28.0 Å². The van der Waals surface area contributed by atoms with Crippen LogP contribution in [-0.4, -0.2) is 73.7 Å². The van der Waals surface area contributed by atoms with Gasteiger partial charge in [-0.25, -0.2) is 18.2 Å². The maximum Gasteiger partial charge on any atom is 0.414 e. The van der Waals surface area contributed by atoms with E-state index in [1.165, 1.54) is 30.3 Å². The van der Waals surface area contributed by atoms with E-state index < -0.39 is 40.0 Å². The molecule has 15 heteroatoms. The van der Waals surface area contributed by atoms with Crippen molar-refractivity contribution in [1.82, 2.24) is 25.3 Å². The van der Waals surface area contributed by atoms with Gasteiger partial charge in [0.15, 0.2) is 5.75 Å². The first-order valence-corrected chi connectivity index (χ1v) is 16.8. The molecule has 1 saturated heterocycles. The van der Waals surface area contributed by atoms with Gasteiger partial charge in [-0.1, -0.05) is 0 Å². The van der Waals surface area contributed by atoms with Crippen LogP contribution in [0.3, 0.4) is 0 Å². The number of benzene rings is 1. The summed E-state index contributed by atoms with van der Waals surface area (Å²) >= 11 is 0. The molecule has 3 aromatic heterocycles. The number of amides is 2. The van der Waals surface area contributed by atoms with Gasteiger partial charge in [0.05, 0.1) is 44.2 Å². The van der Waals surface area contributed by atoms with Gasteiger partial charge in [0.2, 0.25) is 0 Å². The summed E-state index contributed by atoms with van der Waals surface area (Å²) in [4.78, 5) is 46.5. The Morgan fingerprint density at radius 3 is 2.58 bits per heavy atom. The van der Waals surface area contributed by atoms with Gasteiger partial charge in [-0.15, -0.1) is 0 Å². The van der Waals surface area contributed by atoms with Gasteiger partial charge < -0.3 is 29.4 Å². The summed E-state index contributed by atoms with van der Waals surface area (Å²) in [5.74, 6) is 0.147. The Morgan fingerprint density at radius 1 is 1.10 bits per heavy atom. The lowest BCUT2D eigenvalue weighted by atomic mass is 10.0. The highest BCUT2D eigenvalue weighted by atomic mass is 32.2. The molecular weight excluding hydrogens is 641 g/mol. The van der Waals surface area contributed by atoms with Gasteiger partial charge in [0, 0.05) is 43.0 Å². The van der Waals surface area contributed by atoms with Crippen molar-refractivity contribution < 1.29 is 32.4 Å². The number of hydrogen-bond donors (Lipinski definition) is 2. The van der Waals surface area contributed by atoms with Crippen molar-refractivity contribution in [3.05, 3.63) is 41.3 Å². The summed E-state index contributed by atoms with van der Waals surface area (Å²) in [6.45, 7) is 11.6. The molecule has 1 unspecified atom stereocenters. The molecule has 0 radical (unpaired) electrons. The molecule has 2 aliphatic rings. The molecular formula is C33H38FN7O6S. The van der Waals surface area contributed by atoms with Crippen LogP contribution in [0.15, 0.2) is 34.7 Å². The summed E-state index contributed by atoms with van der Waals surface area (Å²) in [5, 5.41) is 5.46. The summed E-state index contributed by atoms with van der Waals surface area (Å²) in [7, 11) is 0.162. The van der Waals surface area contributed by atoms with Crippen LogP contribution in [0.1, 0.15) is 60.1 Å². The largest absolute Gasteiger partial charge is 0.444 e. The predicted octanol–water partition coefficient (Wildman–Crippen LogP) is 6.39. The van der Waals surface area contributed by atoms with Crippen molar-refractivity contribution >= 4 is 62.5 Å². The second-order valence-corrected chi connectivity index (χ2v) is 15.1. The molecule has 5 heterocycles. The average Bonchev–Trinajstić information content (AvgIpc) is 3.54. The third-order valence-corrected chi connectivity index (χ3v) is 8.71. The first kappa shape index (κ1) is 33.1. The second-order valence-electron chi connectivity index (χ2n) is 13.8. The van der Waals surface area contributed by atoms with Gasteiger partial charge in [-0.3, -0.25) is 9.88 Å². The summed E-state index contributed by atoms with van der Waals surface area (Å²) in [6, 6.07) is 3.94. The Balaban J connectivity index is 1.44. The topological polar surface area (TPSA) is 152 Å². The summed E-state index contributed by atoms with van der Waals surface area (Å²) < 4.78 is 44.8. The van der Waals surface area contributed by atoms with E-state index in [2.05, 4.69) is 20.3 Å². The number of fused-ring (bicyclic) bond motifs is 4. The number of ether oxygens (including phenoxy) is 3. The zero-order valence-electron chi connectivity index (χ0n) is 27.8. The number of nitrogens with one attached hydrogen (secondary N) is 2. The zero-order chi connectivity index (χ0) is 34.5. The second kappa shape index (κ2) is 12.3. The van der Waals surface area contributed by atoms with Crippen molar-refractivity contribution in [2.45, 2.75) is 76.5 Å². The van der Waals surface area contributed by atoms with Gasteiger partial charge in [-0.05, 0) is 72.6 Å². The number of anilines is 2. The number of H-pyrrole nitrogens is 1. The van der Waals surface area contributed by atoms with Crippen molar-refractivity contribution in [3.63, 3.8) is 0 Å². The molecule has 13 nitrogen and oxygen atoms in total. The minimum Gasteiger partial charge on any atom is -0.444 e. The first-order valence-electron chi connectivity index (χ1n) is 15.6. The number of halogens is 1. The van der Waals surface area contributed by atoms with E-state index in [9.17, 15) is 13.8 Å². The van der Waals surface area contributed by atoms with Gasteiger partial charge in [0.25, 0.3) is 0 Å². The third-order valence-electron chi connectivity index (χ3n) is 7.57. The molecule has 0 bridgehead atoms. The molecule has 2 aliphatic heterocycles. The molecule has 1 aromatic carbocycles. The number of carbonyl (C=O) groups is 2. The van der Waals surface area contributed by atoms with Crippen LogP contribution in [-0.2, 0) is 20.3 Å². The number of aromatic amines is 1. The molecule has 2 amide bonds. The smallest absolute Gasteiger partial charge is 0.414 e. The minimum absolute atomic E-state index is 0.0349. The zero-order valence-corrected chi connectivity index (χ0v) is 28.7. The van der Waals surface area contributed by atoms with E-state index in [4.69, 9.17) is 19.2 Å². The maximum atomic E-state index is 15.3. The molecule has 0 spiro atoms. The Labute approximate surface area is 279 Å². The highest BCUT2D eigenvalue weighted by molar-refractivity contribution is 7.88. The Kier molecular flexibility index (Phi) is 8.52. The van der Waals surface area contributed by atoms with Crippen molar-refractivity contribution in [1.29, 1.82) is 0 Å². The van der Waals surface area contributed by atoms with E-state index in [-0.39, 0.29) is 23.5 Å². The molecule has 1 fully saturated rings. The van der Waals surface area contributed by atoms with Gasteiger partial charge >= 0.3 is 18.2 Å². The number of piperidine rings is 1. The Hall–Kier alpha value is -4.79. The van der Waals surface area contributed by atoms with Crippen LogP contribution < -0.4 is 19.9 Å². The summed E-state index contributed by atoms with van der Waals surface area (Å²) in [5.41, 5.74) is 0.178. The molecule has 254 valence electrons. The van der Waals surface area contributed by atoms with E-state index in [1.54, 1.807) is 59.1 Å². The third kappa shape index (κ3) is 7.05. The van der Waals surface area contributed by atoms with Gasteiger partial charge in [-0.2, -0.15) is 9.97 Å². The van der Waals surface area contributed by atoms with E-state index >= 15 is 4.39 Å². The number of aromatic nitrogens is 4. The Morgan fingerprint density at radius 2 is 1.85 bits per heavy atom. The fraction of sp³-hybridized carbons (Fsp3) is 0.424. The molecule has 0 aliphatic carbocycles. The number of alkyl carbamates (subject to hydrolysis) is 1. The molecule has 6 rings (SSSR count). The quantitative estimate of drug-likeness (QED) is 0.243. The fourth-order valence-electron chi connectivity index (χ4n) is 5.62. The standard InChI is InChI=1S/C33H38FN7O6S/c1-32(2,3)46-30(42)36-19-9-8-11-41(17-19)28-25-21-13-18(34)14-23(40(7)31(43)47-33(4,5)6)26(21)37-27(25)38-29(39-28)45-20-15-24-22(35-16-20)10-12-48(24)44/h10,12-16,19H,8-9,11,17H2,1-7H3,(H,36,42)(H,37,38,39)/t19-,48?/m1/s1. The van der Waals surface area contributed by atoms with Crippen molar-refractivity contribution in [2.75, 3.05) is 29.9 Å². The van der Waals surface area contributed by atoms with E-state index in [1.807, 2.05) is 4.90 Å². The number of rotatable bonds is 5. The number of hydrogen-bond acceptors (Lipinski definition) is 10. The maximum absolute atomic E-state index is 15.3. The lowest BCUT2D eigenvalue weighted by Crippen LogP contribution is -2.49. The van der Waals surface area contributed by atoms with E-state index in [0.717, 1.165) is 6.42 Å². The molecule has 4 aromatic rings.